The molecule has 1 amide bonds. The van der Waals surface area contributed by atoms with Gasteiger partial charge in [0.2, 0.25) is 0 Å². The van der Waals surface area contributed by atoms with Crippen molar-refractivity contribution in [2.45, 2.75) is 52.7 Å². The lowest BCUT2D eigenvalue weighted by Gasteiger charge is -2.20. The molecule has 6 heteroatoms. The van der Waals surface area contributed by atoms with Crippen LogP contribution in [0.2, 0.25) is 0 Å². The van der Waals surface area contributed by atoms with Gasteiger partial charge in [-0.2, -0.15) is 5.26 Å². The molecule has 0 aliphatic rings. The number of carbonyl (C=O) groups excluding carboxylic acids is 1. The Labute approximate surface area is 178 Å². The number of carbonyl (C=O) groups is 1. The van der Waals surface area contributed by atoms with Gasteiger partial charge in [0.15, 0.2) is 17.6 Å². The van der Waals surface area contributed by atoms with Crippen LogP contribution in [-0.2, 0) is 4.79 Å². The number of nitriles is 1. The minimum Gasteiger partial charge on any atom is -0.490 e. The maximum Gasteiger partial charge on any atom is 0.261 e. The molecule has 0 radical (unpaired) electrons. The Morgan fingerprint density at radius 3 is 2.40 bits per heavy atom. The van der Waals surface area contributed by atoms with Gasteiger partial charge in [-0.05, 0) is 62.6 Å². The Kier molecular flexibility index (Phi) is 9.02. The van der Waals surface area contributed by atoms with Crippen molar-refractivity contribution in [1.29, 1.82) is 5.26 Å². The first-order valence-electron chi connectivity index (χ1n) is 10.3. The summed E-state index contributed by atoms with van der Waals surface area (Å²) in [5.74, 6) is 1.63. The molecule has 0 spiro atoms. The first-order valence-corrected chi connectivity index (χ1v) is 10.3. The highest BCUT2D eigenvalue weighted by Gasteiger charge is 2.19. The van der Waals surface area contributed by atoms with Crippen LogP contribution in [0.4, 0.5) is 0 Å². The van der Waals surface area contributed by atoms with E-state index in [4.69, 9.17) is 19.5 Å². The van der Waals surface area contributed by atoms with Gasteiger partial charge in [0.1, 0.15) is 5.75 Å². The smallest absolute Gasteiger partial charge is 0.261 e. The Hall–Kier alpha value is -3.20. The summed E-state index contributed by atoms with van der Waals surface area (Å²) >= 11 is 0. The van der Waals surface area contributed by atoms with Crippen molar-refractivity contribution >= 4 is 5.91 Å². The van der Waals surface area contributed by atoms with Crippen LogP contribution in [0.15, 0.2) is 42.5 Å². The monoisotopic (exact) mass is 410 g/mol. The fourth-order valence-corrected chi connectivity index (χ4v) is 2.76. The average molecular weight is 411 g/mol. The van der Waals surface area contributed by atoms with E-state index in [1.165, 1.54) is 0 Å². The van der Waals surface area contributed by atoms with Crippen molar-refractivity contribution in [2.75, 3.05) is 13.2 Å². The average Bonchev–Trinajstić information content (AvgIpc) is 2.76. The van der Waals surface area contributed by atoms with Crippen molar-refractivity contribution in [1.82, 2.24) is 5.32 Å². The summed E-state index contributed by atoms with van der Waals surface area (Å²) in [6.45, 7) is 8.91. The molecule has 0 aromatic heterocycles. The molecule has 0 fully saturated rings. The SMILES string of the molecule is CCCOc1ccc(C(C)NC(=O)C(C)Oc2cccc(C#N)c2)cc1OCCC. The zero-order valence-corrected chi connectivity index (χ0v) is 18.1. The summed E-state index contributed by atoms with van der Waals surface area (Å²) in [5.41, 5.74) is 1.40. The molecule has 0 saturated carbocycles. The lowest BCUT2D eigenvalue weighted by atomic mass is 10.1. The van der Waals surface area contributed by atoms with Crippen LogP contribution in [-0.4, -0.2) is 25.2 Å². The van der Waals surface area contributed by atoms with Crippen LogP contribution in [0.3, 0.4) is 0 Å². The predicted octanol–water partition coefficient (Wildman–Crippen LogP) is 4.78. The highest BCUT2D eigenvalue weighted by atomic mass is 16.5. The zero-order chi connectivity index (χ0) is 21.9. The van der Waals surface area contributed by atoms with E-state index >= 15 is 0 Å². The molecule has 0 saturated heterocycles. The van der Waals surface area contributed by atoms with Gasteiger partial charge in [-0.15, -0.1) is 0 Å². The highest BCUT2D eigenvalue weighted by molar-refractivity contribution is 5.81. The lowest BCUT2D eigenvalue weighted by Crippen LogP contribution is -2.37. The molecule has 0 aliphatic heterocycles. The highest BCUT2D eigenvalue weighted by Crippen LogP contribution is 2.31. The van der Waals surface area contributed by atoms with E-state index in [1.54, 1.807) is 31.2 Å². The van der Waals surface area contributed by atoms with Crippen molar-refractivity contribution < 1.29 is 19.0 Å². The molecule has 0 bridgehead atoms. The van der Waals surface area contributed by atoms with E-state index in [1.807, 2.05) is 32.0 Å². The van der Waals surface area contributed by atoms with Crippen LogP contribution >= 0.6 is 0 Å². The van der Waals surface area contributed by atoms with Crippen molar-refractivity contribution in [3.63, 3.8) is 0 Å². The van der Waals surface area contributed by atoms with Crippen molar-refractivity contribution in [3.8, 4) is 23.3 Å². The number of rotatable bonds is 11. The van der Waals surface area contributed by atoms with Crippen LogP contribution in [0.1, 0.15) is 57.7 Å². The normalized spacial score (nSPS) is 12.4. The van der Waals surface area contributed by atoms with E-state index in [0.717, 1.165) is 18.4 Å². The number of nitrogens with zero attached hydrogens (tertiary/aromatic N) is 1. The third-order valence-corrected chi connectivity index (χ3v) is 4.40. The number of hydrogen-bond donors (Lipinski definition) is 1. The topological polar surface area (TPSA) is 80.6 Å². The second-order valence-electron chi connectivity index (χ2n) is 7.03. The summed E-state index contributed by atoms with van der Waals surface area (Å²) < 4.78 is 17.3. The Morgan fingerprint density at radius 2 is 1.73 bits per heavy atom. The minimum absolute atomic E-state index is 0.238. The second-order valence-corrected chi connectivity index (χ2v) is 7.03. The van der Waals surface area contributed by atoms with E-state index in [2.05, 4.69) is 18.3 Å². The van der Waals surface area contributed by atoms with Gasteiger partial charge in [0.05, 0.1) is 30.9 Å². The summed E-state index contributed by atoms with van der Waals surface area (Å²) in [6.07, 6.45) is 1.10. The number of nitrogens with one attached hydrogen (secondary N) is 1. The molecule has 0 aliphatic carbocycles. The number of ether oxygens (including phenoxy) is 3. The number of amides is 1. The molecule has 6 nitrogen and oxygen atoms in total. The van der Waals surface area contributed by atoms with E-state index in [-0.39, 0.29) is 11.9 Å². The van der Waals surface area contributed by atoms with Crippen molar-refractivity contribution in [2.24, 2.45) is 0 Å². The molecule has 2 atom stereocenters. The van der Waals surface area contributed by atoms with Crippen LogP contribution in [0.5, 0.6) is 17.2 Å². The molecular formula is C24H30N2O4. The Bertz CT molecular complexity index is 876. The zero-order valence-electron chi connectivity index (χ0n) is 18.1. The molecule has 0 heterocycles. The Balaban J connectivity index is 2.04. The fourth-order valence-electron chi connectivity index (χ4n) is 2.76. The first-order chi connectivity index (χ1) is 14.5. The quantitative estimate of drug-likeness (QED) is 0.577. The number of hydrogen-bond acceptors (Lipinski definition) is 5. The molecule has 2 aromatic carbocycles. The van der Waals surface area contributed by atoms with E-state index in [9.17, 15) is 4.79 Å². The maximum atomic E-state index is 12.6. The summed E-state index contributed by atoms with van der Waals surface area (Å²) in [4.78, 5) is 12.6. The van der Waals surface area contributed by atoms with E-state index in [0.29, 0.717) is 36.0 Å². The third kappa shape index (κ3) is 6.70. The third-order valence-electron chi connectivity index (χ3n) is 4.40. The van der Waals surface area contributed by atoms with Gasteiger partial charge < -0.3 is 19.5 Å². The molecule has 2 rings (SSSR count). The largest absolute Gasteiger partial charge is 0.490 e. The first kappa shape index (κ1) is 23.1. The van der Waals surface area contributed by atoms with E-state index < -0.39 is 6.10 Å². The molecule has 2 aromatic rings. The molecule has 30 heavy (non-hydrogen) atoms. The molecule has 1 N–H and O–H groups in total. The summed E-state index contributed by atoms with van der Waals surface area (Å²) in [5, 5.41) is 12.0. The minimum atomic E-state index is -0.704. The summed E-state index contributed by atoms with van der Waals surface area (Å²) in [7, 11) is 0. The summed E-state index contributed by atoms with van der Waals surface area (Å²) in [6, 6.07) is 14.3. The molecular weight excluding hydrogens is 380 g/mol. The lowest BCUT2D eigenvalue weighted by molar-refractivity contribution is -0.127. The van der Waals surface area contributed by atoms with Crippen molar-refractivity contribution in [3.05, 3.63) is 53.6 Å². The van der Waals surface area contributed by atoms with Gasteiger partial charge in [-0.3, -0.25) is 4.79 Å². The van der Waals surface area contributed by atoms with Gasteiger partial charge in [-0.25, -0.2) is 0 Å². The maximum absolute atomic E-state index is 12.6. The van der Waals surface area contributed by atoms with Crippen LogP contribution in [0, 0.1) is 11.3 Å². The molecule has 2 unspecified atom stereocenters. The van der Waals surface area contributed by atoms with Gasteiger partial charge in [-0.1, -0.05) is 26.0 Å². The fraction of sp³-hybridized carbons (Fsp3) is 0.417. The number of benzene rings is 2. The standard InChI is InChI=1S/C24H30N2O4/c1-5-12-28-22-11-10-20(15-23(22)29-13-6-2)17(3)26-24(27)18(4)30-21-9-7-8-19(14-21)16-25/h7-11,14-15,17-18H,5-6,12-13H2,1-4H3,(H,26,27). The second kappa shape index (κ2) is 11.7. The van der Waals surface area contributed by atoms with Crippen LogP contribution in [0.25, 0.3) is 0 Å². The van der Waals surface area contributed by atoms with Crippen LogP contribution < -0.4 is 19.5 Å². The predicted molar refractivity (Wildman–Crippen MR) is 116 cm³/mol. The van der Waals surface area contributed by atoms with Gasteiger partial charge in [0, 0.05) is 0 Å². The molecule has 160 valence electrons. The van der Waals surface area contributed by atoms with Gasteiger partial charge in [0.25, 0.3) is 5.91 Å². The Morgan fingerprint density at radius 1 is 1.03 bits per heavy atom. The van der Waals surface area contributed by atoms with Gasteiger partial charge >= 0.3 is 0 Å².